The lowest BCUT2D eigenvalue weighted by molar-refractivity contribution is -0.144. The summed E-state index contributed by atoms with van der Waals surface area (Å²) in [6.45, 7) is 0.665. The number of rotatable bonds is 8. The van der Waals surface area contributed by atoms with Crippen LogP contribution in [0.25, 0.3) is 0 Å². The molecule has 2 rings (SSSR count). The Morgan fingerprint density at radius 2 is 1.78 bits per heavy atom. The zero-order valence-corrected chi connectivity index (χ0v) is 15.6. The van der Waals surface area contributed by atoms with E-state index in [1.807, 2.05) is 32.0 Å². The van der Waals surface area contributed by atoms with E-state index >= 15 is 0 Å². The second-order valence-electron chi connectivity index (χ2n) is 5.65. The first-order valence-corrected chi connectivity index (χ1v) is 9.02. The molecule has 0 radical (unpaired) electrons. The number of hydrogen-bond acceptors (Lipinski definition) is 5. The van der Waals surface area contributed by atoms with Crippen molar-refractivity contribution in [1.29, 1.82) is 0 Å². The standard InChI is InChI=1S/C19H19F2NO4S/c1-12-3-8-16(9-13(12)2)27-11-18(24)25-10-17(23)22-14-4-6-15(7-5-14)26-19(20)21/h3-9,19H,10-11H2,1-2H3,(H,22,23). The first kappa shape index (κ1) is 20.7. The molecule has 8 heteroatoms. The molecule has 0 bridgehead atoms. The van der Waals surface area contributed by atoms with Crippen LogP contribution < -0.4 is 10.1 Å². The summed E-state index contributed by atoms with van der Waals surface area (Å²) in [5.41, 5.74) is 2.69. The fraction of sp³-hybridized carbons (Fsp3) is 0.263. The Kier molecular flexibility index (Phi) is 7.60. The number of aryl methyl sites for hydroxylation is 2. The summed E-state index contributed by atoms with van der Waals surface area (Å²) >= 11 is 1.33. The van der Waals surface area contributed by atoms with E-state index in [4.69, 9.17) is 4.74 Å². The molecule has 0 aliphatic heterocycles. The summed E-state index contributed by atoms with van der Waals surface area (Å²) in [7, 11) is 0. The molecular weight excluding hydrogens is 376 g/mol. The Bertz CT molecular complexity index is 797. The Balaban J connectivity index is 1.72. The van der Waals surface area contributed by atoms with Crippen molar-refractivity contribution in [3.05, 3.63) is 53.6 Å². The third kappa shape index (κ3) is 7.26. The van der Waals surface area contributed by atoms with Gasteiger partial charge in [0.05, 0.1) is 5.75 Å². The van der Waals surface area contributed by atoms with Gasteiger partial charge in [0, 0.05) is 10.6 Å². The second kappa shape index (κ2) is 9.91. The van der Waals surface area contributed by atoms with Gasteiger partial charge < -0.3 is 14.8 Å². The molecule has 0 saturated carbocycles. The molecule has 0 aliphatic rings. The van der Waals surface area contributed by atoms with Gasteiger partial charge in [-0.15, -0.1) is 11.8 Å². The maximum Gasteiger partial charge on any atom is 0.387 e. The van der Waals surface area contributed by atoms with E-state index in [2.05, 4.69) is 10.1 Å². The number of thioether (sulfide) groups is 1. The molecule has 0 saturated heterocycles. The van der Waals surface area contributed by atoms with Crippen LogP contribution in [0.3, 0.4) is 0 Å². The third-order valence-electron chi connectivity index (χ3n) is 3.56. The highest BCUT2D eigenvalue weighted by Crippen LogP contribution is 2.21. The summed E-state index contributed by atoms with van der Waals surface area (Å²) in [4.78, 5) is 24.5. The number of ether oxygens (including phenoxy) is 2. The van der Waals surface area contributed by atoms with Crippen LogP contribution in [-0.2, 0) is 14.3 Å². The number of amides is 1. The quantitative estimate of drug-likeness (QED) is 0.537. The van der Waals surface area contributed by atoms with Gasteiger partial charge in [-0.2, -0.15) is 8.78 Å². The SMILES string of the molecule is Cc1ccc(SCC(=O)OCC(=O)Nc2ccc(OC(F)F)cc2)cc1C. The fourth-order valence-corrected chi connectivity index (χ4v) is 2.84. The molecule has 0 heterocycles. The van der Waals surface area contributed by atoms with Crippen molar-refractivity contribution >= 4 is 29.3 Å². The molecular formula is C19H19F2NO4S. The van der Waals surface area contributed by atoms with Crippen LogP contribution in [0, 0.1) is 13.8 Å². The van der Waals surface area contributed by atoms with Crippen molar-refractivity contribution in [3.63, 3.8) is 0 Å². The van der Waals surface area contributed by atoms with E-state index in [1.165, 1.54) is 41.6 Å². The lowest BCUT2D eigenvalue weighted by atomic mass is 10.1. The van der Waals surface area contributed by atoms with Crippen LogP contribution >= 0.6 is 11.8 Å². The van der Waals surface area contributed by atoms with Crippen LogP contribution in [0.1, 0.15) is 11.1 Å². The number of anilines is 1. The van der Waals surface area contributed by atoms with Crippen LogP contribution in [0.15, 0.2) is 47.4 Å². The molecule has 5 nitrogen and oxygen atoms in total. The minimum atomic E-state index is -2.91. The van der Waals surface area contributed by atoms with E-state index in [0.717, 1.165) is 10.5 Å². The van der Waals surface area contributed by atoms with Crippen LogP contribution in [-0.4, -0.2) is 30.8 Å². The molecule has 0 aliphatic carbocycles. The van der Waals surface area contributed by atoms with Gasteiger partial charge in [-0.3, -0.25) is 9.59 Å². The van der Waals surface area contributed by atoms with Crippen molar-refractivity contribution < 1.29 is 27.8 Å². The first-order chi connectivity index (χ1) is 12.8. The number of halogens is 2. The summed E-state index contributed by atoms with van der Waals surface area (Å²) < 4.78 is 33.3. The molecule has 0 unspecified atom stereocenters. The lowest BCUT2D eigenvalue weighted by Crippen LogP contribution is -2.21. The Hall–Kier alpha value is -2.61. The van der Waals surface area contributed by atoms with E-state index in [-0.39, 0.29) is 11.5 Å². The van der Waals surface area contributed by atoms with Gasteiger partial charge in [0.15, 0.2) is 6.61 Å². The van der Waals surface area contributed by atoms with Crippen molar-refractivity contribution in [2.45, 2.75) is 25.4 Å². The van der Waals surface area contributed by atoms with E-state index < -0.39 is 25.1 Å². The molecule has 0 fully saturated rings. The summed E-state index contributed by atoms with van der Waals surface area (Å²) in [6, 6.07) is 11.3. The van der Waals surface area contributed by atoms with Crippen molar-refractivity contribution in [2.75, 3.05) is 17.7 Å². The van der Waals surface area contributed by atoms with Gasteiger partial charge >= 0.3 is 12.6 Å². The molecule has 2 aromatic carbocycles. The van der Waals surface area contributed by atoms with Crippen molar-refractivity contribution in [1.82, 2.24) is 0 Å². The minimum absolute atomic E-state index is 0.0159. The van der Waals surface area contributed by atoms with Gasteiger partial charge in [0.1, 0.15) is 5.75 Å². The molecule has 144 valence electrons. The molecule has 2 aromatic rings. The number of carbonyl (C=O) groups is 2. The number of esters is 1. The van der Waals surface area contributed by atoms with Gasteiger partial charge in [0.2, 0.25) is 0 Å². The number of alkyl halides is 2. The predicted molar refractivity (Wildman–Crippen MR) is 99.3 cm³/mol. The molecule has 0 aromatic heterocycles. The largest absolute Gasteiger partial charge is 0.455 e. The molecule has 1 N–H and O–H groups in total. The van der Waals surface area contributed by atoms with Crippen LogP contribution in [0.4, 0.5) is 14.5 Å². The molecule has 0 spiro atoms. The van der Waals surface area contributed by atoms with Gasteiger partial charge in [-0.1, -0.05) is 6.07 Å². The lowest BCUT2D eigenvalue weighted by Gasteiger charge is -2.08. The number of benzene rings is 2. The number of carbonyl (C=O) groups excluding carboxylic acids is 2. The molecule has 1 amide bonds. The second-order valence-corrected chi connectivity index (χ2v) is 6.70. The van der Waals surface area contributed by atoms with Gasteiger partial charge in [-0.05, 0) is 61.4 Å². The van der Waals surface area contributed by atoms with Crippen molar-refractivity contribution in [3.8, 4) is 5.75 Å². The van der Waals surface area contributed by atoms with Gasteiger partial charge in [0.25, 0.3) is 5.91 Å². The number of hydrogen-bond donors (Lipinski definition) is 1. The maximum atomic E-state index is 12.1. The predicted octanol–water partition coefficient (Wildman–Crippen LogP) is 4.18. The highest BCUT2D eigenvalue weighted by atomic mass is 32.2. The Morgan fingerprint density at radius 1 is 1.07 bits per heavy atom. The summed E-state index contributed by atoms with van der Waals surface area (Å²) in [5, 5.41) is 2.50. The monoisotopic (exact) mass is 395 g/mol. The summed E-state index contributed by atoms with van der Waals surface area (Å²) in [5.74, 6) is -0.955. The third-order valence-corrected chi connectivity index (χ3v) is 4.53. The fourth-order valence-electron chi connectivity index (χ4n) is 2.05. The average Bonchev–Trinajstić information content (AvgIpc) is 2.62. The highest BCUT2D eigenvalue weighted by molar-refractivity contribution is 8.00. The molecule has 27 heavy (non-hydrogen) atoms. The van der Waals surface area contributed by atoms with E-state index in [9.17, 15) is 18.4 Å². The van der Waals surface area contributed by atoms with Gasteiger partial charge in [-0.25, -0.2) is 0 Å². The topological polar surface area (TPSA) is 64.6 Å². The van der Waals surface area contributed by atoms with E-state index in [0.29, 0.717) is 5.69 Å². The first-order valence-electron chi connectivity index (χ1n) is 8.04. The normalized spacial score (nSPS) is 10.6. The maximum absolute atomic E-state index is 12.1. The summed E-state index contributed by atoms with van der Waals surface area (Å²) in [6.07, 6.45) is 0. The smallest absolute Gasteiger partial charge is 0.387 e. The average molecular weight is 395 g/mol. The van der Waals surface area contributed by atoms with E-state index in [1.54, 1.807) is 0 Å². The zero-order valence-electron chi connectivity index (χ0n) is 14.8. The Morgan fingerprint density at radius 3 is 2.41 bits per heavy atom. The zero-order chi connectivity index (χ0) is 19.8. The Labute approximate surface area is 160 Å². The molecule has 0 atom stereocenters. The number of nitrogens with one attached hydrogen (secondary N) is 1. The van der Waals surface area contributed by atoms with Crippen molar-refractivity contribution in [2.24, 2.45) is 0 Å². The minimum Gasteiger partial charge on any atom is -0.455 e. The van der Waals surface area contributed by atoms with Crippen LogP contribution in [0.5, 0.6) is 5.75 Å². The van der Waals surface area contributed by atoms with Crippen LogP contribution in [0.2, 0.25) is 0 Å². The highest BCUT2D eigenvalue weighted by Gasteiger charge is 2.10.